The van der Waals surface area contributed by atoms with E-state index >= 15 is 0 Å². The van der Waals surface area contributed by atoms with E-state index in [-0.39, 0.29) is 23.9 Å². The zero-order chi connectivity index (χ0) is 27.4. The van der Waals surface area contributed by atoms with Gasteiger partial charge in [0.1, 0.15) is 18.4 Å². The molecule has 0 aromatic heterocycles. The van der Waals surface area contributed by atoms with Gasteiger partial charge in [0.15, 0.2) is 0 Å². The van der Waals surface area contributed by atoms with Gasteiger partial charge in [-0.2, -0.15) is 0 Å². The molecule has 1 saturated carbocycles. The Hall–Kier alpha value is -2.94. The van der Waals surface area contributed by atoms with Gasteiger partial charge in [-0.15, -0.1) is 0 Å². The third-order valence-electron chi connectivity index (χ3n) is 6.84. The molecule has 1 aliphatic carbocycles. The number of halogens is 1. The zero-order valence-corrected chi connectivity index (χ0v) is 23.1. The smallest absolute Gasteiger partial charge is 0.244 e. The Labute approximate surface area is 220 Å². The number of nitrogens with zero attached hydrogens (tertiary/aromatic N) is 2. The van der Waals surface area contributed by atoms with Crippen LogP contribution in [0, 0.1) is 5.82 Å². The molecular formula is C28H38FN3O4S. The maximum atomic E-state index is 13.6. The first-order chi connectivity index (χ1) is 17.3. The molecule has 0 aliphatic heterocycles. The second-order valence-electron chi connectivity index (χ2n) is 10.9. The number of hydrogen-bond acceptors (Lipinski definition) is 4. The van der Waals surface area contributed by atoms with Crippen LogP contribution < -0.4 is 9.62 Å². The summed E-state index contributed by atoms with van der Waals surface area (Å²) in [5.74, 6) is -1.22. The van der Waals surface area contributed by atoms with Crippen molar-refractivity contribution in [1.82, 2.24) is 10.2 Å². The first-order valence-corrected chi connectivity index (χ1v) is 14.5. The quantitative estimate of drug-likeness (QED) is 0.521. The molecule has 3 rings (SSSR count). The predicted molar refractivity (Wildman–Crippen MR) is 144 cm³/mol. The second kappa shape index (κ2) is 11.6. The Morgan fingerprint density at radius 2 is 1.59 bits per heavy atom. The van der Waals surface area contributed by atoms with Crippen LogP contribution >= 0.6 is 0 Å². The molecule has 202 valence electrons. The van der Waals surface area contributed by atoms with Gasteiger partial charge in [0, 0.05) is 12.6 Å². The fourth-order valence-electron chi connectivity index (χ4n) is 4.50. The molecule has 7 nitrogen and oxygen atoms in total. The van der Waals surface area contributed by atoms with Gasteiger partial charge in [-0.25, -0.2) is 12.8 Å². The molecule has 0 unspecified atom stereocenters. The lowest BCUT2D eigenvalue weighted by atomic mass is 9.87. The fraction of sp³-hybridized carbons (Fsp3) is 0.500. The number of sulfonamides is 1. The van der Waals surface area contributed by atoms with Gasteiger partial charge >= 0.3 is 0 Å². The Balaban J connectivity index is 1.87. The van der Waals surface area contributed by atoms with Crippen LogP contribution in [0.25, 0.3) is 0 Å². The van der Waals surface area contributed by atoms with E-state index in [1.54, 1.807) is 31.2 Å². The molecular weight excluding hydrogens is 493 g/mol. The monoisotopic (exact) mass is 531 g/mol. The van der Waals surface area contributed by atoms with Gasteiger partial charge in [-0.1, -0.05) is 57.9 Å². The summed E-state index contributed by atoms with van der Waals surface area (Å²) in [5, 5.41) is 3.02. The number of amides is 2. The van der Waals surface area contributed by atoms with Crippen LogP contribution in [0.5, 0.6) is 0 Å². The van der Waals surface area contributed by atoms with E-state index in [4.69, 9.17) is 0 Å². The van der Waals surface area contributed by atoms with Crippen molar-refractivity contribution in [3.05, 3.63) is 65.5 Å². The number of carbonyl (C=O) groups is 2. The largest absolute Gasteiger partial charge is 0.352 e. The molecule has 1 fully saturated rings. The van der Waals surface area contributed by atoms with E-state index in [0.717, 1.165) is 41.8 Å². The summed E-state index contributed by atoms with van der Waals surface area (Å²) in [6.45, 7) is 7.39. The van der Waals surface area contributed by atoms with Crippen LogP contribution in [0.3, 0.4) is 0 Å². The molecule has 37 heavy (non-hydrogen) atoms. The molecule has 2 amide bonds. The fourth-order valence-corrected chi connectivity index (χ4v) is 5.35. The van der Waals surface area contributed by atoms with Gasteiger partial charge in [0.05, 0.1) is 11.9 Å². The topological polar surface area (TPSA) is 86.8 Å². The number of anilines is 1. The van der Waals surface area contributed by atoms with E-state index in [2.05, 4.69) is 26.1 Å². The highest BCUT2D eigenvalue weighted by atomic mass is 32.2. The maximum absolute atomic E-state index is 13.6. The van der Waals surface area contributed by atoms with Crippen molar-refractivity contribution in [3.63, 3.8) is 0 Å². The number of carbonyl (C=O) groups excluding carboxylic acids is 2. The lowest BCUT2D eigenvalue weighted by molar-refractivity contribution is -0.139. The first kappa shape index (κ1) is 28.6. The molecule has 0 spiro atoms. The van der Waals surface area contributed by atoms with E-state index in [1.165, 1.54) is 17.0 Å². The standard InChI is InChI=1S/C28H38FN3O4S/c1-20(27(34)30-24-8-6-7-9-24)31(18-21-10-14-23(29)15-11-21)26(33)19-32(37(5,35)36)25-16-12-22(13-17-25)28(2,3)4/h10-17,20,24H,6-9,18-19H2,1-5H3,(H,30,34)/t20-/m0/s1. The van der Waals surface area contributed by atoms with Crippen molar-refractivity contribution in [2.24, 2.45) is 0 Å². The number of hydrogen-bond donors (Lipinski definition) is 1. The zero-order valence-electron chi connectivity index (χ0n) is 22.3. The minimum atomic E-state index is -3.80. The van der Waals surface area contributed by atoms with Crippen molar-refractivity contribution in [2.75, 3.05) is 17.1 Å². The van der Waals surface area contributed by atoms with Crippen LogP contribution in [0.2, 0.25) is 0 Å². The normalized spacial score (nSPS) is 15.3. The van der Waals surface area contributed by atoms with Crippen LogP contribution in [-0.4, -0.2) is 50.0 Å². The summed E-state index contributed by atoms with van der Waals surface area (Å²) in [6.07, 6.45) is 4.95. The summed E-state index contributed by atoms with van der Waals surface area (Å²) in [4.78, 5) is 28.1. The van der Waals surface area contributed by atoms with Crippen molar-refractivity contribution in [3.8, 4) is 0 Å². The summed E-state index contributed by atoms with van der Waals surface area (Å²) in [5.41, 5.74) is 1.92. The SMILES string of the molecule is C[C@@H](C(=O)NC1CCCC1)N(Cc1ccc(F)cc1)C(=O)CN(c1ccc(C(C)(C)C)cc1)S(C)(=O)=O. The van der Waals surface area contributed by atoms with Crippen molar-refractivity contribution >= 4 is 27.5 Å². The molecule has 0 saturated heterocycles. The van der Waals surface area contributed by atoms with E-state index in [0.29, 0.717) is 11.3 Å². The van der Waals surface area contributed by atoms with Gasteiger partial charge in [0.2, 0.25) is 21.8 Å². The molecule has 9 heteroatoms. The van der Waals surface area contributed by atoms with Crippen LogP contribution in [0.1, 0.15) is 64.5 Å². The summed E-state index contributed by atoms with van der Waals surface area (Å²) in [6, 6.07) is 12.0. The number of nitrogens with one attached hydrogen (secondary N) is 1. The summed E-state index contributed by atoms with van der Waals surface area (Å²) >= 11 is 0. The highest BCUT2D eigenvalue weighted by molar-refractivity contribution is 7.92. The minimum Gasteiger partial charge on any atom is -0.352 e. The van der Waals surface area contributed by atoms with Crippen LogP contribution in [0.4, 0.5) is 10.1 Å². The summed E-state index contributed by atoms with van der Waals surface area (Å²) in [7, 11) is -3.80. The lowest BCUT2D eigenvalue weighted by Crippen LogP contribution is -2.52. The average Bonchev–Trinajstić information content (AvgIpc) is 3.33. The van der Waals surface area contributed by atoms with Gasteiger partial charge in [-0.05, 0) is 60.6 Å². The minimum absolute atomic E-state index is 0.0406. The molecule has 0 radical (unpaired) electrons. The third kappa shape index (κ3) is 7.77. The number of rotatable bonds is 9. The molecule has 1 aliphatic rings. The van der Waals surface area contributed by atoms with Crippen molar-refractivity contribution in [2.45, 2.75) is 77.4 Å². The molecule has 0 heterocycles. The Morgan fingerprint density at radius 3 is 2.11 bits per heavy atom. The van der Waals surface area contributed by atoms with Crippen LogP contribution in [-0.2, 0) is 31.6 Å². The maximum Gasteiger partial charge on any atom is 0.244 e. The first-order valence-electron chi connectivity index (χ1n) is 12.7. The Bertz CT molecular complexity index is 1190. The van der Waals surface area contributed by atoms with Gasteiger partial charge in [-0.3, -0.25) is 13.9 Å². The highest BCUT2D eigenvalue weighted by Gasteiger charge is 2.31. The molecule has 2 aromatic rings. The van der Waals surface area contributed by atoms with E-state index in [9.17, 15) is 22.4 Å². The second-order valence-corrected chi connectivity index (χ2v) is 12.8. The van der Waals surface area contributed by atoms with E-state index in [1.807, 2.05) is 12.1 Å². The number of benzene rings is 2. The van der Waals surface area contributed by atoms with Crippen molar-refractivity contribution in [1.29, 1.82) is 0 Å². The van der Waals surface area contributed by atoms with E-state index < -0.39 is 34.3 Å². The predicted octanol–water partition coefficient (Wildman–Crippen LogP) is 4.37. The molecule has 0 bridgehead atoms. The van der Waals surface area contributed by atoms with Gasteiger partial charge < -0.3 is 10.2 Å². The lowest BCUT2D eigenvalue weighted by Gasteiger charge is -2.32. The highest BCUT2D eigenvalue weighted by Crippen LogP contribution is 2.26. The molecule has 1 N–H and O–H groups in total. The third-order valence-corrected chi connectivity index (χ3v) is 7.98. The van der Waals surface area contributed by atoms with Gasteiger partial charge in [0.25, 0.3) is 0 Å². The Morgan fingerprint density at radius 1 is 1.03 bits per heavy atom. The molecule has 1 atom stereocenters. The average molecular weight is 532 g/mol. The Kier molecular flexibility index (Phi) is 9.00. The summed E-state index contributed by atoms with van der Waals surface area (Å²) < 4.78 is 40.0. The van der Waals surface area contributed by atoms with Crippen LogP contribution in [0.15, 0.2) is 48.5 Å². The molecule has 2 aromatic carbocycles. The van der Waals surface area contributed by atoms with Crippen molar-refractivity contribution < 1.29 is 22.4 Å².